The highest BCUT2D eigenvalue weighted by atomic mass is 35.5. The number of rotatable bonds is 7. The van der Waals surface area contributed by atoms with Crippen molar-refractivity contribution in [1.82, 2.24) is 20.2 Å². The number of anilines is 2. The molecule has 2 fully saturated rings. The number of ketones is 1. The minimum atomic E-state index is -0.190. The number of piperidine rings is 1. The van der Waals surface area contributed by atoms with Crippen LogP contribution in [0.25, 0.3) is 11.0 Å². The Balaban J connectivity index is 1.28. The van der Waals surface area contributed by atoms with Gasteiger partial charge in [-0.3, -0.25) is 9.89 Å². The molecule has 1 aliphatic carbocycles. The highest BCUT2D eigenvalue weighted by Crippen LogP contribution is 2.37. The van der Waals surface area contributed by atoms with Crippen molar-refractivity contribution in [2.75, 3.05) is 23.3 Å². The van der Waals surface area contributed by atoms with Crippen LogP contribution in [0.5, 0.6) is 0 Å². The Kier molecular flexibility index (Phi) is 5.71. The number of aromatic amines is 1. The van der Waals surface area contributed by atoms with Gasteiger partial charge >= 0.3 is 0 Å². The second-order valence-electron chi connectivity index (χ2n) is 8.57. The van der Waals surface area contributed by atoms with Crippen LogP contribution in [0.2, 0.25) is 10.0 Å². The van der Waals surface area contributed by atoms with Crippen molar-refractivity contribution in [2.45, 2.75) is 38.1 Å². The molecule has 1 aliphatic heterocycles. The molecule has 0 spiro atoms. The van der Waals surface area contributed by atoms with Crippen molar-refractivity contribution in [2.24, 2.45) is 11.8 Å². The highest BCUT2D eigenvalue weighted by Gasteiger charge is 2.37. The monoisotopic (exact) mass is 458 g/mol. The van der Waals surface area contributed by atoms with Crippen LogP contribution in [0, 0.1) is 11.8 Å². The predicted molar refractivity (Wildman–Crippen MR) is 123 cm³/mol. The molecule has 0 amide bonds. The molecule has 2 aliphatic rings. The molecule has 0 unspecified atom stereocenters. The van der Waals surface area contributed by atoms with Gasteiger partial charge in [-0.15, -0.1) is 0 Å². The molecular weight excluding hydrogens is 435 g/mol. The average molecular weight is 459 g/mol. The zero-order valence-corrected chi connectivity index (χ0v) is 18.5. The summed E-state index contributed by atoms with van der Waals surface area (Å²) in [6, 6.07) is 5.15. The fourth-order valence-electron chi connectivity index (χ4n) is 4.55. The number of hydrogen-bond donors (Lipinski definition) is 2. The average Bonchev–Trinajstić information content (AvgIpc) is 3.46. The van der Waals surface area contributed by atoms with Gasteiger partial charge in [0, 0.05) is 35.2 Å². The van der Waals surface area contributed by atoms with E-state index in [1.165, 1.54) is 0 Å². The zero-order chi connectivity index (χ0) is 21.4. The lowest BCUT2D eigenvalue weighted by molar-refractivity contribution is -0.121. The summed E-state index contributed by atoms with van der Waals surface area (Å²) >= 11 is 12.3. The summed E-state index contributed by atoms with van der Waals surface area (Å²) in [4.78, 5) is 24.3. The molecule has 9 heteroatoms. The summed E-state index contributed by atoms with van der Waals surface area (Å²) < 4.78 is 0. The number of halogens is 2. The zero-order valence-electron chi connectivity index (χ0n) is 17.0. The molecule has 2 N–H and O–H groups in total. The van der Waals surface area contributed by atoms with Gasteiger partial charge in [0.25, 0.3) is 0 Å². The third kappa shape index (κ3) is 4.62. The molecule has 31 heavy (non-hydrogen) atoms. The molecular formula is C22H24Cl2N6O. The van der Waals surface area contributed by atoms with Crippen LogP contribution in [-0.4, -0.2) is 45.1 Å². The molecule has 3 heterocycles. The molecule has 5 rings (SSSR count). The summed E-state index contributed by atoms with van der Waals surface area (Å²) in [6.07, 6.45) is 8.12. The quantitative estimate of drug-likeness (QED) is 0.532. The van der Waals surface area contributed by atoms with Gasteiger partial charge in [-0.1, -0.05) is 23.2 Å². The molecule has 1 aromatic carbocycles. The molecule has 7 nitrogen and oxygen atoms in total. The summed E-state index contributed by atoms with van der Waals surface area (Å²) in [5, 5.41) is 12.5. The third-order valence-corrected chi connectivity index (χ3v) is 6.60. The van der Waals surface area contributed by atoms with Crippen LogP contribution < -0.4 is 10.2 Å². The van der Waals surface area contributed by atoms with Crippen molar-refractivity contribution >= 4 is 51.5 Å². The van der Waals surface area contributed by atoms with Gasteiger partial charge < -0.3 is 10.2 Å². The Bertz CT molecular complexity index is 1080. The number of Topliss-reactive ketones (excluding diaryl/α,β-unsaturated/α-hetero) is 1. The fourth-order valence-corrected chi connectivity index (χ4v) is 5.07. The molecule has 1 saturated heterocycles. The SMILES string of the molecule is O=C(C[C@@H]1CCCN(c2ncnc3[nH]ncc23)C1)[C@H](Nc1cc(Cl)cc(Cl)c1)C1CC1. The van der Waals surface area contributed by atoms with Crippen LogP contribution in [0.4, 0.5) is 11.5 Å². The number of nitrogens with zero attached hydrogens (tertiary/aromatic N) is 4. The highest BCUT2D eigenvalue weighted by molar-refractivity contribution is 6.35. The number of nitrogens with one attached hydrogen (secondary N) is 2. The van der Waals surface area contributed by atoms with Crippen molar-refractivity contribution in [3.8, 4) is 0 Å². The predicted octanol–water partition coefficient (Wildman–Crippen LogP) is 4.73. The summed E-state index contributed by atoms with van der Waals surface area (Å²) in [6.45, 7) is 1.73. The maximum absolute atomic E-state index is 13.3. The Hall–Kier alpha value is -2.38. The lowest BCUT2D eigenvalue weighted by Crippen LogP contribution is -2.39. The summed E-state index contributed by atoms with van der Waals surface area (Å²) in [5.41, 5.74) is 1.54. The van der Waals surface area contributed by atoms with E-state index in [-0.39, 0.29) is 11.8 Å². The first-order valence-corrected chi connectivity index (χ1v) is 11.5. The topological polar surface area (TPSA) is 86.8 Å². The molecule has 0 radical (unpaired) electrons. The number of hydrogen-bond acceptors (Lipinski definition) is 6. The molecule has 0 bridgehead atoms. The Morgan fingerprint density at radius 2 is 2.00 bits per heavy atom. The van der Waals surface area contributed by atoms with E-state index in [4.69, 9.17) is 23.2 Å². The molecule has 3 aromatic rings. The largest absolute Gasteiger partial charge is 0.375 e. The molecule has 162 valence electrons. The lowest BCUT2D eigenvalue weighted by atomic mass is 9.89. The van der Waals surface area contributed by atoms with E-state index < -0.39 is 0 Å². The first-order chi connectivity index (χ1) is 15.1. The first kappa shape index (κ1) is 20.5. The second kappa shape index (κ2) is 8.63. The fraction of sp³-hybridized carbons (Fsp3) is 0.455. The normalized spacial score (nSPS) is 20.1. The number of carbonyl (C=O) groups excluding carboxylic acids is 1. The van der Waals surface area contributed by atoms with Crippen molar-refractivity contribution in [1.29, 1.82) is 0 Å². The van der Waals surface area contributed by atoms with Gasteiger partial charge in [-0.2, -0.15) is 5.10 Å². The minimum absolute atomic E-state index is 0.190. The van der Waals surface area contributed by atoms with Crippen LogP contribution in [0.15, 0.2) is 30.7 Å². The van der Waals surface area contributed by atoms with E-state index in [1.807, 2.05) is 12.1 Å². The van der Waals surface area contributed by atoms with E-state index >= 15 is 0 Å². The van der Waals surface area contributed by atoms with Gasteiger partial charge in [0.1, 0.15) is 12.1 Å². The second-order valence-corrected chi connectivity index (χ2v) is 9.44. The number of H-pyrrole nitrogens is 1. The first-order valence-electron chi connectivity index (χ1n) is 10.7. The number of aromatic nitrogens is 4. The maximum atomic E-state index is 13.3. The lowest BCUT2D eigenvalue weighted by Gasteiger charge is -2.34. The van der Waals surface area contributed by atoms with Gasteiger partial charge in [0.15, 0.2) is 11.4 Å². The van der Waals surface area contributed by atoms with Crippen LogP contribution >= 0.6 is 23.2 Å². The van der Waals surface area contributed by atoms with Crippen molar-refractivity contribution in [3.63, 3.8) is 0 Å². The Morgan fingerprint density at radius 3 is 2.77 bits per heavy atom. The van der Waals surface area contributed by atoms with E-state index in [1.54, 1.807) is 18.6 Å². The molecule has 2 atom stereocenters. The van der Waals surface area contributed by atoms with Gasteiger partial charge in [0.05, 0.1) is 17.6 Å². The number of carbonyl (C=O) groups is 1. The number of benzene rings is 1. The van der Waals surface area contributed by atoms with Gasteiger partial charge in [-0.25, -0.2) is 9.97 Å². The number of fused-ring (bicyclic) bond motifs is 1. The van der Waals surface area contributed by atoms with E-state index in [0.717, 1.165) is 61.3 Å². The van der Waals surface area contributed by atoms with E-state index in [9.17, 15) is 4.79 Å². The smallest absolute Gasteiger partial charge is 0.160 e. The van der Waals surface area contributed by atoms with Crippen LogP contribution in [-0.2, 0) is 4.79 Å². The van der Waals surface area contributed by atoms with E-state index in [0.29, 0.717) is 28.3 Å². The Morgan fingerprint density at radius 1 is 1.19 bits per heavy atom. The van der Waals surface area contributed by atoms with Crippen LogP contribution in [0.1, 0.15) is 32.1 Å². The molecule has 2 aromatic heterocycles. The standard InChI is InChI=1S/C22H24Cl2N6O/c23-15-7-16(24)9-17(8-15)28-20(14-3-4-14)19(31)6-13-2-1-5-30(11-13)22-18-10-27-29-21(18)25-12-26-22/h7-10,12-14,20,28H,1-6,11H2,(H,25,26,27,29)/t13-,20+/m0/s1. The molecule has 1 saturated carbocycles. The van der Waals surface area contributed by atoms with Crippen molar-refractivity contribution in [3.05, 3.63) is 40.8 Å². The van der Waals surface area contributed by atoms with Crippen LogP contribution in [0.3, 0.4) is 0 Å². The van der Waals surface area contributed by atoms with E-state index in [2.05, 4.69) is 30.4 Å². The van der Waals surface area contributed by atoms with Gasteiger partial charge in [-0.05, 0) is 55.7 Å². The maximum Gasteiger partial charge on any atom is 0.160 e. The summed E-state index contributed by atoms with van der Waals surface area (Å²) in [7, 11) is 0. The van der Waals surface area contributed by atoms with Crippen molar-refractivity contribution < 1.29 is 4.79 Å². The minimum Gasteiger partial charge on any atom is -0.375 e. The Labute approximate surface area is 190 Å². The third-order valence-electron chi connectivity index (χ3n) is 6.16. The van der Waals surface area contributed by atoms with Gasteiger partial charge in [0.2, 0.25) is 0 Å². The summed E-state index contributed by atoms with van der Waals surface area (Å²) in [5.74, 6) is 1.84.